The first-order chi connectivity index (χ1) is 28.2. The van der Waals surface area contributed by atoms with Crippen molar-refractivity contribution in [2.24, 2.45) is 10.2 Å². The SMILES string of the molecule is C=CS(=O)(=O)CCC(=O)Nc1ccc(S(=O)(=O)O)c(N=Nc2c(S(=O)(=O)O)cc3cc(S(=O)(=O)O)cc(Nc4nc(F)nc(Nc5cccc(S(=O)(=O)C=C)c5)n4)c3c2O)c1. The van der Waals surface area contributed by atoms with Crippen molar-refractivity contribution in [3.05, 3.63) is 90.7 Å². The minimum Gasteiger partial charge on any atom is -0.505 e. The fourth-order valence-corrected chi connectivity index (χ4v) is 8.29. The molecule has 1 heterocycles. The van der Waals surface area contributed by atoms with Crippen molar-refractivity contribution >= 4 is 107 Å². The highest BCUT2D eigenvalue weighted by atomic mass is 32.2. The molecule has 61 heavy (non-hydrogen) atoms. The Morgan fingerprint density at radius 3 is 1.98 bits per heavy atom. The summed E-state index contributed by atoms with van der Waals surface area (Å²) in [6, 6.07) is 9.33. The second-order valence-corrected chi connectivity index (χ2v) is 20.2. The van der Waals surface area contributed by atoms with Crippen LogP contribution in [0.4, 0.5) is 44.7 Å². The van der Waals surface area contributed by atoms with Gasteiger partial charge in [-0.25, -0.2) is 16.8 Å². The number of sulfone groups is 2. The van der Waals surface area contributed by atoms with E-state index in [2.05, 4.69) is 54.3 Å². The molecule has 0 atom stereocenters. The number of rotatable bonds is 16. The summed E-state index contributed by atoms with van der Waals surface area (Å²) < 4.78 is 167. The third kappa shape index (κ3) is 11.1. The number of nitrogens with one attached hydrogen (secondary N) is 3. The number of aromatic hydroxyl groups is 1. The van der Waals surface area contributed by atoms with Crippen LogP contribution in [0, 0.1) is 6.08 Å². The largest absolute Gasteiger partial charge is 0.505 e. The molecule has 5 aromatic rings. The number of anilines is 5. The summed E-state index contributed by atoms with van der Waals surface area (Å²) >= 11 is 0. The number of carbonyl (C=O) groups excluding carboxylic acids is 1. The lowest BCUT2D eigenvalue weighted by atomic mass is 10.1. The van der Waals surface area contributed by atoms with Crippen LogP contribution in [0.5, 0.6) is 5.75 Å². The van der Waals surface area contributed by atoms with E-state index in [1.165, 1.54) is 18.2 Å². The minimum absolute atomic E-state index is 0.0210. The predicted molar refractivity (Wildman–Crippen MR) is 213 cm³/mol. The van der Waals surface area contributed by atoms with Crippen LogP contribution in [0.3, 0.4) is 0 Å². The van der Waals surface area contributed by atoms with Crippen molar-refractivity contribution in [1.29, 1.82) is 0 Å². The minimum atomic E-state index is -5.47. The van der Waals surface area contributed by atoms with Crippen molar-refractivity contribution < 1.29 is 70.0 Å². The molecule has 0 unspecified atom stereocenters. The van der Waals surface area contributed by atoms with Crippen molar-refractivity contribution in [1.82, 2.24) is 15.0 Å². The van der Waals surface area contributed by atoms with Gasteiger partial charge >= 0.3 is 6.08 Å². The van der Waals surface area contributed by atoms with E-state index in [1.54, 1.807) is 0 Å². The third-order valence-electron chi connectivity index (χ3n) is 7.84. The Morgan fingerprint density at radius 1 is 0.721 bits per heavy atom. The number of azo groups is 1. The zero-order chi connectivity index (χ0) is 45.3. The number of fused-ring (bicyclic) bond motifs is 1. The van der Waals surface area contributed by atoms with Crippen LogP contribution in [-0.4, -0.2) is 87.5 Å². The van der Waals surface area contributed by atoms with Gasteiger partial charge in [0.05, 0.1) is 21.2 Å². The summed E-state index contributed by atoms with van der Waals surface area (Å²) in [5.41, 5.74) is -2.85. The van der Waals surface area contributed by atoms with Gasteiger partial charge in [-0.3, -0.25) is 18.5 Å². The van der Waals surface area contributed by atoms with Crippen LogP contribution in [0.2, 0.25) is 0 Å². The van der Waals surface area contributed by atoms with E-state index in [0.717, 1.165) is 24.3 Å². The molecule has 0 aliphatic heterocycles. The third-order valence-corrected chi connectivity index (χ3v) is 13.1. The number of benzene rings is 4. The van der Waals surface area contributed by atoms with E-state index in [1.807, 2.05) is 0 Å². The number of phenols is 1. The van der Waals surface area contributed by atoms with E-state index in [0.29, 0.717) is 29.0 Å². The van der Waals surface area contributed by atoms with Gasteiger partial charge in [0.2, 0.25) is 17.8 Å². The summed E-state index contributed by atoms with van der Waals surface area (Å²) in [7, 11) is -23.5. The Kier molecular flexibility index (Phi) is 12.7. The van der Waals surface area contributed by atoms with E-state index >= 15 is 0 Å². The number of amides is 1. The number of halogens is 1. The van der Waals surface area contributed by atoms with E-state index in [9.17, 15) is 70.0 Å². The normalized spacial score (nSPS) is 12.6. The molecule has 0 radical (unpaired) electrons. The second-order valence-electron chi connectivity index (χ2n) is 12.0. The van der Waals surface area contributed by atoms with Crippen LogP contribution in [-0.2, 0) is 54.8 Å². The molecule has 0 aliphatic rings. The van der Waals surface area contributed by atoms with Crippen LogP contribution in [0.25, 0.3) is 10.8 Å². The number of hydrogen-bond acceptors (Lipinski definition) is 19. The van der Waals surface area contributed by atoms with Gasteiger partial charge < -0.3 is 21.1 Å². The Bertz CT molecular complexity index is 3280. The van der Waals surface area contributed by atoms with Crippen molar-refractivity contribution in [3.63, 3.8) is 0 Å². The highest BCUT2D eigenvalue weighted by Gasteiger charge is 2.27. The molecule has 1 amide bonds. The quantitative estimate of drug-likeness (QED) is 0.0535. The average Bonchev–Trinajstić information content (AvgIpc) is 3.15. The first kappa shape index (κ1) is 45.7. The maximum Gasteiger partial charge on any atom is 0.315 e. The number of hydrogen-bond donors (Lipinski definition) is 7. The fourth-order valence-electron chi connectivity index (χ4n) is 5.10. The fraction of sp³-hybridized carbons (Fsp3) is 0.0625. The summed E-state index contributed by atoms with van der Waals surface area (Å²) in [5, 5.41) is 26.1. The van der Waals surface area contributed by atoms with Crippen molar-refractivity contribution in [2.45, 2.75) is 26.0 Å². The Morgan fingerprint density at radius 2 is 1.38 bits per heavy atom. The molecule has 23 nitrogen and oxygen atoms in total. The molecule has 0 saturated heterocycles. The lowest BCUT2D eigenvalue weighted by Gasteiger charge is -2.15. The zero-order valence-corrected chi connectivity index (χ0v) is 34.3. The molecule has 0 fully saturated rings. The molecule has 0 saturated carbocycles. The smallest absolute Gasteiger partial charge is 0.315 e. The highest BCUT2D eigenvalue weighted by molar-refractivity contribution is 7.94. The van der Waals surface area contributed by atoms with Gasteiger partial charge in [-0.1, -0.05) is 19.2 Å². The monoisotopic (exact) mass is 942 g/mol. The number of aromatic nitrogens is 3. The topological polar surface area (TPSA) is 368 Å². The van der Waals surface area contributed by atoms with Gasteiger partial charge in [0.25, 0.3) is 30.4 Å². The number of phenolic OH excluding ortho intramolecular Hbond substituents is 1. The van der Waals surface area contributed by atoms with E-state index in [-0.39, 0.29) is 16.3 Å². The average molecular weight is 943 g/mol. The molecular weight excluding hydrogens is 916 g/mol. The summed E-state index contributed by atoms with van der Waals surface area (Å²) in [5.74, 6) is -4.13. The molecule has 7 N–H and O–H groups in total. The van der Waals surface area contributed by atoms with Gasteiger partial charge in [0, 0.05) is 34.0 Å². The van der Waals surface area contributed by atoms with Gasteiger partial charge in [-0.05, 0) is 60.0 Å². The lowest BCUT2D eigenvalue weighted by Crippen LogP contribution is -2.16. The van der Waals surface area contributed by atoms with Crippen molar-refractivity contribution in [2.75, 3.05) is 21.7 Å². The summed E-state index contributed by atoms with van der Waals surface area (Å²) in [4.78, 5) is 19.8. The van der Waals surface area contributed by atoms with E-state index in [4.69, 9.17) is 0 Å². The van der Waals surface area contributed by atoms with Gasteiger partial charge in [0.1, 0.15) is 21.2 Å². The van der Waals surface area contributed by atoms with Crippen molar-refractivity contribution in [3.8, 4) is 5.75 Å². The molecule has 0 spiro atoms. The molecule has 322 valence electrons. The zero-order valence-electron chi connectivity index (χ0n) is 30.2. The highest BCUT2D eigenvalue weighted by Crippen LogP contribution is 2.46. The van der Waals surface area contributed by atoms with Gasteiger partial charge in [-0.15, -0.1) is 10.2 Å². The Labute approximate surface area is 344 Å². The molecular formula is C32H27FN8O15S5. The standard InChI is InChI=1S/C32H27FN8O15S5/c1-3-57(44,45)11-10-26(42)34-19-8-9-24(60(51,52)53)22(15-19)40-41-28-25(61(54,55)56)13-17-12-21(59(48,49)50)16-23(27(17)29(28)43)36-32-38-30(33)37-31(39-32)35-18-6-5-7-20(14-18)58(46,47)4-2/h3-9,12-16,43H,1-2,10-11H2,(H,34,42)(H,48,49,50)(H,51,52,53)(H,54,55,56)(H2,35,36,37,38,39). The van der Waals surface area contributed by atoms with Crippen LogP contribution in [0.15, 0.2) is 114 Å². The molecule has 0 aliphatic carbocycles. The Hall–Kier alpha value is -6.34. The number of nitrogens with zero attached hydrogens (tertiary/aromatic N) is 5. The predicted octanol–water partition coefficient (Wildman–Crippen LogP) is 4.32. The number of carbonyl (C=O) groups is 1. The first-order valence-corrected chi connectivity index (χ1v) is 23.7. The molecule has 1 aromatic heterocycles. The maximum absolute atomic E-state index is 14.8. The molecule has 0 bridgehead atoms. The molecule has 29 heteroatoms. The lowest BCUT2D eigenvalue weighted by molar-refractivity contribution is -0.115. The summed E-state index contributed by atoms with van der Waals surface area (Å²) in [6.07, 6.45) is -2.07. The van der Waals surface area contributed by atoms with E-state index < -0.39 is 134 Å². The van der Waals surface area contributed by atoms with Crippen LogP contribution >= 0.6 is 0 Å². The Balaban J connectivity index is 1.66. The van der Waals surface area contributed by atoms with Gasteiger partial charge in [0.15, 0.2) is 25.4 Å². The summed E-state index contributed by atoms with van der Waals surface area (Å²) in [6.45, 7) is 6.36. The second kappa shape index (κ2) is 17.0. The maximum atomic E-state index is 14.8. The van der Waals surface area contributed by atoms with Crippen LogP contribution < -0.4 is 16.0 Å². The first-order valence-electron chi connectivity index (χ1n) is 16.1. The van der Waals surface area contributed by atoms with Gasteiger partial charge in [-0.2, -0.15) is 44.6 Å². The molecule has 5 rings (SSSR count). The van der Waals surface area contributed by atoms with Crippen LogP contribution in [0.1, 0.15) is 6.42 Å². The molecule has 4 aromatic carbocycles.